The van der Waals surface area contributed by atoms with E-state index in [1.165, 1.54) is 21.6 Å². The normalized spacial score (nSPS) is 11.7. The van der Waals surface area contributed by atoms with Crippen molar-refractivity contribution in [1.29, 1.82) is 0 Å². The summed E-state index contributed by atoms with van der Waals surface area (Å²) in [6, 6.07) is 3.54. The Hall–Kier alpha value is -3.03. The van der Waals surface area contributed by atoms with Crippen molar-refractivity contribution in [1.82, 2.24) is 9.55 Å². The van der Waals surface area contributed by atoms with Crippen molar-refractivity contribution in [3.63, 3.8) is 0 Å². The first-order valence-corrected chi connectivity index (χ1v) is 9.28. The third-order valence-corrected chi connectivity index (χ3v) is 4.00. The van der Waals surface area contributed by atoms with Gasteiger partial charge in [-0.3, -0.25) is 19.1 Å². The molecule has 0 spiro atoms. The summed E-state index contributed by atoms with van der Waals surface area (Å²) in [4.78, 5) is 41.2. The summed E-state index contributed by atoms with van der Waals surface area (Å²) in [5.41, 5.74) is 4.88. The minimum atomic E-state index is -0.682. The number of aryl methyl sites for hydroxylation is 1. The number of nitrogens with two attached hydrogens (primary N) is 1. The maximum absolute atomic E-state index is 12.9. The Kier molecular flexibility index (Phi) is 6.66. The van der Waals surface area contributed by atoms with Gasteiger partial charge in [-0.15, -0.1) is 0 Å². The van der Waals surface area contributed by atoms with Crippen LogP contribution in [0, 0.1) is 18.8 Å². The second kappa shape index (κ2) is 8.77. The molecular weight excluding hydrogens is 360 g/mol. The van der Waals surface area contributed by atoms with Crippen LogP contribution in [-0.4, -0.2) is 22.0 Å². The standard InChI is InChI=1S/C20H28N4O4/c1-12(2)10-23(16(25)9-8-15-7-6-14(5)28-15)17-18(21)24(11-13(3)4)20(27)22-19(17)26/h6-9,12-13H,10-11,21H2,1-5H3,(H,22,26,27)/b9-8+. The minimum absolute atomic E-state index is 0.0146. The molecule has 0 aliphatic heterocycles. The molecule has 0 aliphatic rings. The topological polar surface area (TPSA) is 114 Å². The number of anilines is 2. The molecule has 0 fully saturated rings. The Balaban J connectivity index is 2.50. The number of furan rings is 1. The van der Waals surface area contributed by atoms with Crippen molar-refractivity contribution in [2.45, 2.75) is 41.2 Å². The molecule has 0 saturated heterocycles. The minimum Gasteiger partial charge on any atom is -0.462 e. The van der Waals surface area contributed by atoms with Gasteiger partial charge in [-0.05, 0) is 37.0 Å². The quantitative estimate of drug-likeness (QED) is 0.707. The summed E-state index contributed by atoms with van der Waals surface area (Å²) in [5.74, 6) is 1.03. The van der Waals surface area contributed by atoms with Crippen molar-refractivity contribution in [2.75, 3.05) is 17.2 Å². The van der Waals surface area contributed by atoms with Crippen LogP contribution >= 0.6 is 0 Å². The molecule has 2 rings (SSSR count). The molecule has 152 valence electrons. The highest BCUT2D eigenvalue weighted by atomic mass is 16.3. The summed E-state index contributed by atoms with van der Waals surface area (Å²) in [7, 11) is 0. The van der Waals surface area contributed by atoms with Crippen molar-refractivity contribution in [3.05, 3.63) is 50.6 Å². The van der Waals surface area contributed by atoms with Crippen LogP contribution in [0.1, 0.15) is 39.2 Å². The molecule has 3 N–H and O–H groups in total. The summed E-state index contributed by atoms with van der Waals surface area (Å²) in [5, 5.41) is 0. The second-order valence-corrected chi connectivity index (χ2v) is 7.62. The first-order valence-electron chi connectivity index (χ1n) is 9.28. The van der Waals surface area contributed by atoms with E-state index in [4.69, 9.17) is 10.2 Å². The summed E-state index contributed by atoms with van der Waals surface area (Å²) in [6.45, 7) is 10.1. The van der Waals surface area contributed by atoms with Gasteiger partial charge in [0.25, 0.3) is 11.5 Å². The van der Waals surface area contributed by atoms with E-state index in [1.54, 1.807) is 12.1 Å². The average Bonchev–Trinajstić information content (AvgIpc) is 3.00. The zero-order chi connectivity index (χ0) is 21.0. The molecule has 2 aromatic rings. The summed E-state index contributed by atoms with van der Waals surface area (Å²) in [6.07, 6.45) is 2.87. The maximum atomic E-state index is 12.9. The van der Waals surface area contributed by atoms with E-state index in [0.717, 1.165) is 5.76 Å². The number of H-pyrrole nitrogens is 1. The fourth-order valence-electron chi connectivity index (χ4n) is 2.83. The van der Waals surface area contributed by atoms with E-state index in [2.05, 4.69) is 4.98 Å². The van der Waals surface area contributed by atoms with Crippen LogP contribution in [0.3, 0.4) is 0 Å². The number of carbonyl (C=O) groups excluding carboxylic acids is 1. The number of hydrogen-bond donors (Lipinski definition) is 2. The molecule has 0 saturated carbocycles. The molecule has 0 atom stereocenters. The van der Waals surface area contributed by atoms with Gasteiger partial charge in [0.15, 0.2) is 5.69 Å². The van der Waals surface area contributed by atoms with Crippen molar-refractivity contribution in [3.8, 4) is 0 Å². The molecule has 0 radical (unpaired) electrons. The average molecular weight is 388 g/mol. The highest BCUT2D eigenvalue weighted by Crippen LogP contribution is 2.20. The van der Waals surface area contributed by atoms with E-state index in [1.807, 2.05) is 34.6 Å². The number of nitrogen functional groups attached to an aromatic ring is 1. The Labute approximate surface area is 163 Å². The third kappa shape index (κ3) is 5.03. The molecule has 0 aromatic carbocycles. The molecule has 28 heavy (non-hydrogen) atoms. The van der Waals surface area contributed by atoms with Crippen molar-refractivity contribution >= 4 is 23.5 Å². The molecule has 1 amide bonds. The second-order valence-electron chi connectivity index (χ2n) is 7.62. The lowest BCUT2D eigenvalue weighted by Gasteiger charge is -2.25. The Morgan fingerprint density at radius 3 is 2.46 bits per heavy atom. The van der Waals surface area contributed by atoms with E-state index >= 15 is 0 Å². The van der Waals surface area contributed by atoms with Crippen LogP contribution in [0.15, 0.2) is 32.2 Å². The third-order valence-electron chi connectivity index (χ3n) is 4.00. The van der Waals surface area contributed by atoms with Crippen molar-refractivity contribution < 1.29 is 9.21 Å². The smallest absolute Gasteiger partial charge is 0.330 e. The number of hydrogen-bond acceptors (Lipinski definition) is 5. The van der Waals surface area contributed by atoms with Crippen LogP contribution < -0.4 is 21.9 Å². The van der Waals surface area contributed by atoms with Crippen LogP contribution in [0.4, 0.5) is 11.5 Å². The number of aromatic amines is 1. The Morgan fingerprint density at radius 1 is 1.25 bits per heavy atom. The fourth-order valence-corrected chi connectivity index (χ4v) is 2.83. The van der Waals surface area contributed by atoms with Gasteiger partial charge < -0.3 is 15.1 Å². The van der Waals surface area contributed by atoms with Crippen molar-refractivity contribution in [2.24, 2.45) is 11.8 Å². The van der Waals surface area contributed by atoms with Gasteiger partial charge in [0.2, 0.25) is 0 Å². The molecule has 8 heteroatoms. The number of nitrogens with one attached hydrogen (secondary N) is 1. The fraction of sp³-hybridized carbons (Fsp3) is 0.450. The molecule has 2 heterocycles. The number of amides is 1. The lowest BCUT2D eigenvalue weighted by atomic mass is 10.2. The molecular formula is C20H28N4O4. The molecule has 8 nitrogen and oxygen atoms in total. The SMILES string of the molecule is Cc1ccc(/C=C/C(=O)N(CC(C)C)c2c(N)n(CC(C)C)c(=O)[nH]c2=O)o1. The van der Waals surface area contributed by atoms with Gasteiger partial charge in [-0.25, -0.2) is 4.79 Å². The number of aromatic nitrogens is 2. The maximum Gasteiger partial charge on any atom is 0.330 e. The lowest BCUT2D eigenvalue weighted by molar-refractivity contribution is -0.114. The number of carbonyl (C=O) groups is 1. The van der Waals surface area contributed by atoms with Gasteiger partial charge in [0.05, 0.1) is 0 Å². The van der Waals surface area contributed by atoms with Crippen LogP contribution in [0.2, 0.25) is 0 Å². The summed E-state index contributed by atoms with van der Waals surface area (Å²) < 4.78 is 6.72. The first kappa shape index (κ1) is 21.3. The van der Waals surface area contributed by atoms with Crippen LogP contribution in [-0.2, 0) is 11.3 Å². The van der Waals surface area contributed by atoms with E-state index < -0.39 is 17.2 Å². The molecule has 0 aliphatic carbocycles. The highest BCUT2D eigenvalue weighted by Gasteiger charge is 2.24. The van der Waals surface area contributed by atoms with E-state index in [9.17, 15) is 14.4 Å². The monoisotopic (exact) mass is 388 g/mol. The van der Waals surface area contributed by atoms with Gasteiger partial charge in [0.1, 0.15) is 17.3 Å². The van der Waals surface area contributed by atoms with Gasteiger partial charge in [-0.1, -0.05) is 27.7 Å². The predicted molar refractivity (Wildman–Crippen MR) is 110 cm³/mol. The van der Waals surface area contributed by atoms with Gasteiger partial charge in [-0.2, -0.15) is 0 Å². The van der Waals surface area contributed by atoms with Crippen LogP contribution in [0.25, 0.3) is 6.08 Å². The molecule has 0 unspecified atom stereocenters. The number of nitrogens with zero attached hydrogens (tertiary/aromatic N) is 2. The number of rotatable bonds is 7. The predicted octanol–water partition coefficient (Wildman–Crippen LogP) is 2.38. The lowest BCUT2D eigenvalue weighted by Crippen LogP contribution is -2.42. The highest BCUT2D eigenvalue weighted by molar-refractivity contribution is 6.04. The summed E-state index contributed by atoms with van der Waals surface area (Å²) >= 11 is 0. The largest absolute Gasteiger partial charge is 0.462 e. The molecule has 2 aromatic heterocycles. The van der Waals surface area contributed by atoms with E-state index in [0.29, 0.717) is 12.3 Å². The van der Waals surface area contributed by atoms with Gasteiger partial charge in [0, 0.05) is 19.2 Å². The Morgan fingerprint density at radius 2 is 1.93 bits per heavy atom. The first-order chi connectivity index (χ1) is 13.1. The molecule has 0 bridgehead atoms. The zero-order valence-corrected chi connectivity index (χ0v) is 17.0. The van der Waals surface area contributed by atoms with Crippen LogP contribution in [0.5, 0.6) is 0 Å². The van der Waals surface area contributed by atoms with Gasteiger partial charge >= 0.3 is 5.69 Å². The van der Waals surface area contributed by atoms with E-state index in [-0.39, 0.29) is 29.9 Å². The Bertz CT molecular complexity index is 979. The zero-order valence-electron chi connectivity index (χ0n) is 17.0.